The third-order valence-electron chi connectivity index (χ3n) is 4.92. The van der Waals surface area contributed by atoms with Crippen molar-refractivity contribution < 1.29 is 0 Å². The van der Waals surface area contributed by atoms with Crippen LogP contribution in [0.2, 0.25) is 0 Å². The molecule has 2 aliphatic rings. The maximum absolute atomic E-state index is 4.72. The Morgan fingerprint density at radius 1 is 1.13 bits per heavy atom. The number of rotatable bonds is 4. The molecule has 23 heavy (non-hydrogen) atoms. The van der Waals surface area contributed by atoms with Gasteiger partial charge in [0.15, 0.2) is 5.13 Å². The predicted octanol–water partition coefficient (Wildman–Crippen LogP) is 3.19. The minimum atomic E-state index is 0.593. The molecule has 2 aromatic heterocycles. The molecule has 0 amide bonds. The number of piperidine rings is 1. The fourth-order valence-corrected chi connectivity index (χ4v) is 4.35. The van der Waals surface area contributed by atoms with Crippen molar-refractivity contribution in [2.75, 3.05) is 22.9 Å². The summed E-state index contributed by atoms with van der Waals surface area (Å²) in [5.74, 6) is 1.10. The molecule has 0 aromatic carbocycles. The molecule has 0 unspecified atom stereocenters. The van der Waals surface area contributed by atoms with E-state index in [2.05, 4.69) is 39.7 Å². The second-order valence-corrected chi connectivity index (χ2v) is 7.74. The summed E-state index contributed by atoms with van der Waals surface area (Å²) in [7, 11) is 0. The summed E-state index contributed by atoms with van der Waals surface area (Å²) in [6, 6.07) is 3.33. The summed E-state index contributed by atoms with van der Waals surface area (Å²) in [6.45, 7) is 6.44. The Morgan fingerprint density at radius 2 is 1.87 bits per heavy atom. The minimum absolute atomic E-state index is 0.593. The first-order chi connectivity index (χ1) is 11.2. The largest absolute Gasteiger partial charge is 0.350 e. The monoisotopic (exact) mass is 329 g/mol. The van der Waals surface area contributed by atoms with Gasteiger partial charge in [0.2, 0.25) is 0 Å². The first-order valence-electron chi connectivity index (χ1n) is 8.45. The smallest absolute Gasteiger partial charge is 0.185 e. The molecule has 122 valence electrons. The molecule has 5 nitrogen and oxygen atoms in total. The Labute approximate surface area is 141 Å². The quantitative estimate of drug-likeness (QED) is 0.862. The molecule has 4 rings (SSSR count). The van der Waals surface area contributed by atoms with E-state index in [1.807, 2.05) is 17.5 Å². The van der Waals surface area contributed by atoms with Crippen molar-refractivity contribution >= 4 is 22.3 Å². The zero-order valence-corrected chi connectivity index (χ0v) is 14.6. The zero-order chi connectivity index (χ0) is 15.8. The van der Waals surface area contributed by atoms with Crippen LogP contribution in [0, 0.1) is 13.8 Å². The molecule has 0 bridgehead atoms. The topological polar surface area (TPSA) is 45.2 Å². The SMILES string of the molecule is Cc1nc(N2CCC(N(c3ccncn3)C3CC3)CC2)sc1C. The normalized spacial score (nSPS) is 19.1. The van der Waals surface area contributed by atoms with Gasteiger partial charge in [0.25, 0.3) is 0 Å². The van der Waals surface area contributed by atoms with Crippen LogP contribution >= 0.6 is 11.3 Å². The van der Waals surface area contributed by atoms with E-state index in [0.717, 1.165) is 18.9 Å². The summed E-state index contributed by atoms with van der Waals surface area (Å²) in [5.41, 5.74) is 1.17. The second kappa shape index (κ2) is 6.07. The van der Waals surface area contributed by atoms with Gasteiger partial charge in [-0.15, -0.1) is 11.3 Å². The first-order valence-corrected chi connectivity index (χ1v) is 9.27. The van der Waals surface area contributed by atoms with Crippen LogP contribution < -0.4 is 9.80 Å². The molecule has 2 fully saturated rings. The van der Waals surface area contributed by atoms with Crippen molar-refractivity contribution in [3.63, 3.8) is 0 Å². The standard InChI is InChI=1S/C17H23N5S/c1-12-13(2)23-17(20-12)21-9-6-15(7-10-21)22(14-3-4-14)16-5-8-18-11-19-16/h5,8,11,14-15H,3-4,6-7,9-10H2,1-2H3. The van der Waals surface area contributed by atoms with E-state index in [4.69, 9.17) is 4.98 Å². The highest BCUT2D eigenvalue weighted by Crippen LogP contribution is 2.36. The molecule has 2 aromatic rings. The fraction of sp³-hybridized carbons (Fsp3) is 0.588. The Morgan fingerprint density at radius 3 is 2.43 bits per heavy atom. The number of thiazole rings is 1. The summed E-state index contributed by atoms with van der Waals surface area (Å²) in [4.78, 5) is 19.6. The van der Waals surface area contributed by atoms with Gasteiger partial charge in [0, 0.05) is 36.2 Å². The van der Waals surface area contributed by atoms with E-state index in [1.54, 1.807) is 6.33 Å². The Hall–Kier alpha value is -1.69. The highest BCUT2D eigenvalue weighted by atomic mass is 32.1. The van der Waals surface area contributed by atoms with Gasteiger partial charge < -0.3 is 9.80 Å². The van der Waals surface area contributed by atoms with E-state index in [0.29, 0.717) is 12.1 Å². The van der Waals surface area contributed by atoms with Crippen LogP contribution in [0.25, 0.3) is 0 Å². The van der Waals surface area contributed by atoms with Crippen molar-refractivity contribution in [1.29, 1.82) is 0 Å². The second-order valence-electron chi connectivity index (χ2n) is 6.56. The van der Waals surface area contributed by atoms with Gasteiger partial charge in [-0.1, -0.05) is 0 Å². The van der Waals surface area contributed by atoms with Gasteiger partial charge >= 0.3 is 0 Å². The van der Waals surface area contributed by atoms with Crippen LogP contribution in [0.15, 0.2) is 18.6 Å². The molecule has 1 aliphatic carbocycles. The lowest BCUT2D eigenvalue weighted by molar-refractivity contribution is 0.459. The predicted molar refractivity (Wildman–Crippen MR) is 94.4 cm³/mol. The number of hydrogen-bond acceptors (Lipinski definition) is 6. The van der Waals surface area contributed by atoms with Crippen LogP contribution in [0.5, 0.6) is 0 Å². The molecule has 0 atom stereocenters. The highest BCUT2D eigenvalue weighted by Gasteiger charge is 2.36. The molecule has 6 heteroatoms. The third kappa shape index (κ3) is 3.04. The molecule has 1 saturated carbocycles. The number of hydrogen-bond donors (Lipinski definition) is 0. The van der Waals surface area contributed by atoms with E-state index in [9.17, 15) is 0 Å². The van der Waals surface area contributed by atoms with E-state index in [1.165, 1.54) is 41.4 Å². The van der Waals surface area contributed by atoms with Gasteiger partial charge in [-0.3, -0.25) is 0 Å². The highest BCUT2D eigenvalue weighted by molar-refractivity contribution is 7.15. The van der Waals surface area contributed by atoms with Crippen LogP contribution in [-0.4, -0.2) is 40.1 Å². The first kappa shape index (κ1) is 14.9. The number of aromatic nitrogens is 3. The van der Waals surface area contributed by atoms with Crippen LogP contribution in [0.4, 0.5) is 10.9 Å². The summed E-state index contributed by atoms with van der Waals surface area (Å²) >= 11 is 1.83. The van der Waals surface area contributed by atoms with Crippen molar-refractivity contribution in [1.82, 2.24) is 15.0 Å². The lowest BCUT2D eigenvalue weighted by Crippen LogP contribution is -2.46. The summed E-state index contributed by atoms with van der Waals surface area (Å²) in [5, 5.41) is 1.19. The average molecular weight is 329 g/mol. The third-order valence-corrected chi connectivity index (χ3v) is 6.05. The number of nitrogens with zero attached hydrogens (tertiary/aromatic N) is 5. The van der Waals surface area contributed by atoms with Crippen molar-refractivity contribution in [3.05, 3.63) is 29.2 Å². The van der Waals surface area contributed by atoms with Gasteiger partial charge in [0.05, 0.1) is 5.69 Å². The molecule has 0 N–H and O–H groups in total. The van der Waals surface area contributed by atoms with Gasteiger partial charge in [-0.05, 0) is 45.6 Å². The summed E-state index contributed by atoms with van der Waals surface area (Å²) < 4.78 is 0. The molecule has 1 saturated heterocycles. The minimum Gasteiger partial charge on any atom is -0.350 e. The van der Waals surface area contributed by atoms with E-state index >= 15 is 0 Å². The van der Waals surface area contributed by atoms with Crippen molar-refractivity contribution in [2.45, 2.75) is 51.6 Å². The molecule has 0 spiro atoms. The Kier molecular flexibility index (Phi) is 3.93. The molecular formula is C17H23N5S. The molecular weight excluding hydrogens is 306 g/mol. The number of anilines is 2. The van der Waals surface area contributed by atoms with E-state index < -0.39 is 0 Å². The Bertz CT molecular complexity index is 639. The van der Waals surface area contributed by atoms with Crippen LogP contribution in [-0.2, 0) is 0 Å². The molecule has 0 radical (unpaired) electrons. The summed E-state index contributed by atoms with van der Waals surface area (Å²) in [6.07, 6.45) is 8.48. The lowest BCUT2D eigenvalue weighted by Gasteiger charge is -2.39. The van der Waals surface area contributed by atoms with Gasteiger partial charge in [0.1, 0.15) is 12.1 Å². The Balaban J connectivity index is 1.46. The van der Waals surface area contributed by atoms with Crippen molar-refractivity contribution in [2.24, 2.45) is 0 Å². The zero-order valence-electron chi connectivity index (χ0n) is 13.8. The number of aryl methyl sites for hydroxylation is 2. The lowest BCUT2D eigenvalue weighted by atomic mass is 10.0. The molecule has 3 heterocycles. The van der Waals surface area contributed by atoms with Crippen molar-refractivity contribution in [3.8, 4) is 0 Å². The van der Waals surface area contributed by atoms with Gasteiger partial charge in [-0.2, -0.15) is 0 Å². The van der Waals surface area contributed by atoms with Gasteiger partial charge in [-0.25, -0.2) is 15.0 Å². The fourth-order valence-electron chi connectivity index (χ4n) is 3.39. The molecule has 1 aliphatic heterocycles. The maximum atomic E-state index is 4.72. The van der Waals surface area contributed by atoms with Crippen LogP contribution in [0.3, 0.4) is 0 Å². The van der Waals surface area contributed by atoms with E-state index in [-0.39, 0.29) is 0 Å². The van der Waals surface area contributed by atoms with Crippen LogP contribution in [0.1, 0.15) is 36.3 Å². The maximum Gasteiger partial charge on any atom is 0.185 e. The average Bonchev–Trinajstić information content (AvgIpc) is 3.35.